The molecule has 0 aromatic carbocycles. The Bertz CT molecular complexity index is 344. The fourth-order valence-electron chi connectivity index (χ4n) is 0.813. The molecule has 0 aliphatic carbocycles. The lowest BCUT2D eigenvalue weighted by Gasteiger charge is -2.08. The van der Waals surface area contributed by atoms with E-state index in [-0.39, 0.29) is 6.54 Å². The summed E-state index contributed by atoms with van der Waals surface area (Å²) < 4.78 is 23.6. The van der Waals surface area contributed by atoms with E-state index in [9.17, 15) is 13.5 Å². The van der Waals surface area contributed by atoms with Gasteiger partial charge in [-0.25, -0.2) is 13.1 Å². The van der Waals surface area contributed by atoms with Crippen LogP contribution in [-0.2, 0) is 10.0 Å². The number of aliphatic hydroxyl groups is 1. The quantitative estimate of drug-likeness (QED) is 0.770. The number of thiophene rings is 1. The highest BCUT2D eigenvalue weighted by molar-refractivity contribution is 7.88. The molecule has 1 aromatic rings. The van der Waals surface area contributed by atoms with E-state index in [1.54, 1.807) is 11.4 Å². The van der Waals surface area contributed by atoms with Crippen LogP contribution in [0.1, 0.15) is 11.7 Å². The van der Waals surface area contributed by atoms with Gasteiger partial charge in [0.1, 0.15) is 0 Å². The molecule has 0 radical (unpaired) electrons. The molecule has 13 heavy (non-hydrogen) atoms. The number of hydrogen-bond donors (Lipinski definition) is 2. The summed E-state index contributed by atoms with van der Waals surface area (Å²) in [6.07, 6.45) is 0.300. The molecule has 0 spiro atoms. The molecular formula is C7H11NO3S2. The SMILES string of the molecule is CS(=O)(=O)NCC(O)c1ccsc1. The molecular weight excluding hydrogens is 210 g/mol. The van der Waals surface area contributed by atoms with Gasteiger partial charge < -0.3 is 5.11 Å². The van der Waals surface area contributed by atoms with Crippen molar-refractivity contribution in [2.24, 2.45) is 0 Å². The van der Waals surface area contributed by atoms with Crippen molar-refractivity contribution in [3.63, 3.8) is 0 Å². The second-order valence-electron chi connectivity index (χ2n) is 2.69. The number of rotatable bonds is 4. The summed E-state index contributed by atoms with van der Waals surface area (Å²) in [6, 6.07) is 1.76. The van der Waals surface area contributed by atoms with Gasteiger partial charge in [-0.1, -0.05) is 0 Å². The number of sulfonamides is 1. The second kappa shape index (κ2) is 4.19. The lowest BCUT2D eigenvalue weighted by atomic mass is 10.2. The Morgan fingerprint density at radius 3 is 2.85 bits per heavy atom. The molecule has 1 rings (SSSR count). The maximum absolute atomic E-state index is 10.7. The Morgan fingerprint density at radius 2 is 2.38 bits per heavy atom. The Labute approximate surface area is 81.3 Å². The zero-order chi connectivity index (χ0) is 9.90. The molecule has 1 heterocycles. The van der Waals surface area contributed by atoms with Crippen LogP contribution in [0.15, 0.2) is 16.8 Å². The van der Waals surface area contributed by atoms with Gasteiger partial charge in [-0.3, -0.25) is 0 Å². The highest BCUT2D eigenvalue weighted by Crippen LogP contribution is 2.14. The van der Waals surface area contributed by atoms with E-state index in [0.29, 0.717) is 0 Å². The second-order valence-corrected chi connectivity index (χ2v) is 5.31. The molecule has 1 atom stereocenters. The molecule has 0 aliphatic heterocycles. The number of hydrogen-bond acceptors (Lipinski definition) is 4. The summed E-state index contributed by atoms with van der Waals surface area (Å²) in [4.78, 5) is 0. The van der Waals surface area contributed by atoms with E-state index in [2.05, 4.69) is 4.72 Å². The first-order chi connectivity index (χ1) is 5.99. The van der Waals surface area contributed by atoms with Crippen molar-refractivity contribution in [2.45, 2.75) is 6.10 Å². The summed E-state index contributed by atoms with van der Waals surface area (Å²) in [6.45, 7) is 0.0234. The third-order valence-electron chi connectivity index (χ3n) is 1.47. The molecule has 4 nitrogen and oxygen atoms in total. The van der Waals surface area contributed by atoms with E-state index in [4.69, 9.17) is 0 Å². The minimum Gasteiger partial charge on any atom is -0.387 e. The molecule has 0 bridgehead atoms. The van der Waals surface area contributed by atoms with Crippen LogP contribution in [0.4, 0.5) is 0 Å². The number of aliphatic hydroxyl groups excluding tert-OH is 1. The topological polar surface area (TPSA) is 66.4 Å². The molecule has 1 aromatic heterocycles. The normalized spacial score (nSPS) is 14.3. The molecule has 2 N–H and O–H groups in total. The van der Waals surface area contributed by atoms with E-state index in [1.165, 1.54) is 11.3 Å². The molecule has 0 saturated heterocycles. The van der Waals surface area contributed by atoms with Crippen LogP contribution in [0.2, 0.25) is 0 Å². The van der Waals surface area contributed by atoms with Gasteiger partial charge in [0.15, 0.2) is 0 Å². The zero-order valence-corrected chi connectivity index (χ0v) is 8.73. The molecule has 1 unspecified atom stereocenters. The minimum absolute atomic E-state index is 0.0234. The van der Waals surface area contributed by atoms with E-state index < -0.39 is 16.1 Å². The van der Waals surface area contributed by atoms with Crippen LogP contribution in [0, 0.1) is 0 Å². The molecule has 0 aliphatic rings. The Hall–Kier alpha value is -0.430. The van der Waals surface area contributed by atoms with Gasteiger partial charge in [-0.2, -0.15) is 11.3 Å². The summed E-state index contributed by atoms with van der Waals surface area (Å²) in [7, 11) is -3.22. The smallest absolute Gasteiger partial charge is 0.208 e. The van der Waals surface area contributed by atoms with Gasteiger partial charge in [0.2, 0.25) is 10.0 Å². The molecule has 74 valence electrons. The van der Waals surface area contributed by atoms with E-state index in [1.807, 2.05) is 5.38 Å². The summed E-state index contributed by atoms with van der Waals surface area (Å²) >= 11 is 1.46. The van der Waals surface area contributed by atoms with Gasteiger partial charge >= 0.3 is 0 Å². The standard InChI is InChI=1S/C7H11NO3S2/c1-13(10,11)8-4-7(9)6-2-3-12-5-6/h2-3,5,7-9H,4H2,1H3. The van der Waals surface area contributed by atoms with Crippen molar-refractivity contribution < 1.29 is 13.5 Å². The van der Waals surface area contributed by atoms with Crippen molar-refractivity contribution in [1.82, 2.24) is 4.72 Å². The van der Waals surface area contributed by atoms with Gasteiger partial charge in [-0.05, 0) is 22.4 Å². The van der Waals surface area contributed by atoms with Crippen LogP contribution < -0.4 is 4.72 Å². The summed E-state index contributed by atoms with van der Waals surface area (Å²) in [5.41, 5.74) is 0.737. The lowest BCUT2D eigenvalue weighted by molar-refractivity contribution is 0.182. The third-order valence-corrected chi connectivity index (χ3v) is 2.86. The molecule has 0 saturated carbocycles. The van der Waals surface area contributed by atoms with Crippen LogP contribution >= 0.6 is 11.3 Å². The van der Waals surface area contributed by atoms with E-state index >= 15 is 0 Å². The monoisotopic (exact) mass is 221 g/mol. The van der Waals surface area contributed by atoms with Gasteiger partial charge in [0.05, 0.1) is 12.4 Å². The Morgan fingerprint density at radius 1 is 1.69 bits per heavy atom. The number of nitrogens with one attached hydrogen (secondary N) is 1. The fraction of sp³-hybridized carbons (Fsp3) is 0.429. The van der Waals surface area contributed by atoms with Crippen LogP contribution in [-0.4, -0.2) is 26.3 Å². The van der Waals surface area contributed by atoms with Crippen molar-refractivity contribution in [3.05, 3.63) is 22.4 Å². The van der Waals surface area contributed by atoms with Crippen LogP contribution in [0.25, 0.3) is 0 Å². The largest absolute Gasteiger partial charge is 0.387 e. The predicted octanol–water partition coefficient (Wildman–Crippen LogP) is 0.331. The summed E-state index contributed by atoms with van der Waals surface area (Å²) in [5, 5.41) is 13.1. The molecule has 6 heteroatoms. The maximum atomic E-state index is 10.7. The highest BCUT2D eigenvalue weighted by atomic mass is 32.2. The maximum Gasteiger partial charge on any atom is 0.208 e. The van der Waals surface area contributed by atoms with Gasteiger partial charge in [0.25, 0.3) is 0 Å². The predicted molar refractivity (Wildman–Crippen MR) is 52.1 cm³/mol. The average molecular weight is 221 g/mol. The lowest BCUT2D eigenvalue weighted by Crippen LogP contribution is -2.27. The Kier molecular flexibility index (Phi) is 3.43. The first-order valence-electron chi connectivity index (χ1n) is 3.64. The van der Waals surface area contributed by atoms with Crippen molar-refractivity contribution in [3.8, 4) is 0 Å². The Balaban J connectivity index is 2.48. The van der Waals surface area contributed by atoms with Crippen molar-refractivity contribution in [2.75, 3.05) is 12.8 Å². The highest BCUT2D eigenvalue weighted by Gasteiger charge is 2.09. The first-order valence-corrected chi connectivity index (χ1v) is 6.47. The van der Waals surface area contributed by atoms with Crippen molar-refractivity contribution in [1.29, 1.82) is 0 Å². The third kappa shape index (κ3) is 3.86. The van der Waals surface area contributed by atoms with E-state index in [0.717, 1.165) is 11.8 Å². The zero-order valence-electron chi connectivity index (χ0n) is 7.10. The van der Waals surface area contributed by atoms with Gasteiger partial charge in [-0.15, -0.1) is 0 Å². The summed E-state index contributed by atoms with van der Waals surface area (Å²) in [5.74, 6) is 0. The first kappa shape index (κ1) is 10.6. The van der Waals surface area contributed by atoms with Crippen LogP contribution in [0.5, 0.6) is 0 Å². The molecule has 0 fully saturated rings. The van der Waals surface area contributed by atoms with Crippen molar-refractivity contribution >= 4 is 21.4 Å². The molecule has 0 amide bonds. The average Bonchev–Trinajstić information content (AvgIpc) is 2.50. The van der Waals surface area contributed by atoms with Gasteiger partial charge in [0, 0.05) is 6.54 Å². The van der Waals surface area contributed by atoms with Crippen LogP contribution in [0.3, 0.4) is 0 Å². The minimum atomic E-state index is -3.22. The fourth-order valence-corrected chi connectivity index (χ4v) is 1.98.